The Balaban J connectivity index is 4.45. The number of carboxylic acid groups (broad SMARTS) is 2. The summed E-state index contributed by atoms with van der Waals surface area (Å²) in [6.07, 6.45) is -0.868. The molecule has 0 saturated carbocycles. The molecule has 0 radical (unpaired) electrons. The Morgan fingerprint density at radius 2 is 1.06 bits per heavy atom. The number of rotatable bonds is 9. The van der Waals surface area contributed by atoms with Crippen LogP contribution in [0.3, 0.4) is 0 Å². The average molecular weight is 260 g/mol. The van der Waals surface area contributed by atoms with Crippen LogP contribution in [0.4, 0.5) is 0 Å². The summed E-state index contributed by atoms with van der Waals surface area (Å²) in [5, 5.41) is 17.1. The first kappa shape index (κ1) is 15.9. The van der Waals surface area contributed by atoms with Gasteiger partial charge in [-0.3, -0.25) is 19.2 Å². The zero-order valence-corrected chi connectivity index (χ0v) is 9.67. The normalized spacial score (nSPS) is 13.6. The molecule has 0 aromatic carbocycles. The second-order valence-corrected chi connectivity index (χ2v) is 3.97. The summed E-state index contributed by atoms with van der Waals surface area (Å²) in [6.45, 7) is 0. The van der Waals surface area contributed by atoms with Gasteiger partial charge in [-0.25, -0.2) is 0 Å². The number of primary amides is 2. The lowest BCUT2D eigenvalue weighted by Crippen LogP contribution is -2.29. The van der Waals surface area contributed by atoms with Crippen molar-refractivity contribution in [2.75, 3.05) is 0 Å². The fraction of sp³-hybridized carbons (Fsp3) is 0.600. The van der Waals surface area contributed by atoms with Crippen molar-refractivity contribution in [2.24, 2.45) is 23.3 Å². The minimum Gasteiger partial charge on any atom is -0.481 e. The fourth-order valence-corrected chi connectivity index (χ4v) is 1.51. The van der Waals surface area contributed by atoms with E-state index in [1.807, 2.05) is 0 Å². The van der Waals surface area contributed by atoms with Crippen molar-refractivity contribution < 1.29 is 29.4 Å². The highest BCUT2D eigenvalue weighted by molar-refractivity contribution is 5.83. The van der Waals surface area contributed by atoms with Crippen molar-refractivity contribution in [2.45, 2.75) is 25.7 Å². The highest BCUT2D eigenvalue weighted by Gasteiger charge is 2.24. The predicted octanol–water partition coefficient (Wildman–Crippen LogP) is -1.08. The molecule has 8 heteroatoms. The van der Waals surface area contributed by atoms with Crippen LogP contribution in [0.1, 0.15) is 25.7 Å². The van der Waals surface area contributed by atoms with Crippen molar-refractivity contribution in [3.8, 4) is 0 Å². The summed E-state index contributed by atoms with van der Waals surface area (Å²) in [5.41, 5.74) is 10.0. The second kappa shape index (κ2) is 7.25. The predicted molar refractivity (Wildman–Crippen MR) is 59.1 cm³/mol. The van der Waals surface area contributed by atoms with Gasteiger partial charge in [0.2, 0.25) is 11.8 Å². The maximum Gasteiger partial charge on any atom is 0.304 e. The largest absolute Gasteiger partial charge is 0.481 e. The third kappa shape index (κ3) is 6.46. The SMILES string of the molecule is NC(=O)C(CCC(CC(=O)O)C(N)=O)CC(=O)O. The fourth-order valence-electron chi connectivity index (χ4n) is 1.51. The van der Waals surface area contributed by atoms with Gasteiger partial charge in [-0.05, 0) is 12.8 Å². The molecule has 0 aliphatic carbocycles. The van der Waals surface area contributed by atoms with E-state index in [1.165, 1.54) is 0 Å². The van der Waals surface area contributed by atoms with Gasteiger partial charge in [0, 0.05) is 11.8 Å². The number of carboxylic acids is 2. The molecule has 0 rings (SSSR count). The van der Waals surface area contributed by atoms with E-state index in [2.05, 4.69) is 0 Å². The molecule has 2 atom stereocenters. The monoisotopic (exact) mass is 260 g/mol. The van der Waals surface area contributed by atoms with Gasteiger partial charge in [0.1, 0.15) is 0 Å². The maximum atomic E-state index is 11.0. The molecule has 8 nitrogen and oxygen atoms in total. The van der Waals surface area contributed by atoms with Gasteiger partial charge in [-0.1, -0.05) is 0 Å². The molecule has 0 aliphatic rings. The zero-order valence-electron chi connectivity index (χ0n) is 9.67. The smallest absolute Gasteiger partial charge is 0.304 e. The molecule has 0 heterocycles. The molecular formula is C10H16N2O6. The number of carbonyl (C=O) groups is 4. The van der Waals surface area contributed by atoms with Gasteiger partial charge in [0.25, 0.3) is 0 Å². The number of aliphatic carboxylic acids is 2. The van der Waals surface area contributed by atoms with E-state index in [4.69, 9.17) is 21.7 Å². The summed E-state index contributed by atoms with van der Waals surface area (Å²) in [4.78, 5) is 42.9. The first-order chi connectivity index (χ1) is 8.23. The summed E-state index contributed by atoms with van der Waals surface area (Å²) in [5.74, 6) is -5.83. The molecule has 0 bridgehead atoms. The Labute approximate surface area is 103 Å². The minimum atomic E-state index is -1.19. The van der Waals surface area contributed by atoms with Gasteiger partial charge in [0.05, 0.1) is 12.8 Å². The molecule has 6 N–H and O–H groups in total. The van der Waals surface area contributed by atoms with Gasteiger partial charge in [0.15, 0.2) is 0 Å². The van der Waals surface area contributed by atoms with E-state index in [9.17, 15) is 19.2 Å². The summed E-state index contributed by atoms with van der Waals surface area (Å²) in [6, 6.07) is 0. The van der Waals surface area contributed by atoms with E-state index >= 15 is 0 Å². The molecule has 102 valence electrons. The molecule has 0 saturated heterocycles. The molecule has 0 aromatic heterocycles. The lowest BCUT2D eigenvalue weighted by molar-refractivity contribution is -0.142. The standard InChI is InChI=1S/C10H16N2O6/c11-9(17)5(3-7(13)14)1-2-6(10(12)18)4-8(15)16/h5-6H,1-4H2,(H2,11,17)(H2,12,18)(H,13,14)(H,15,16). The van der Waals surface area contributed by atoms with Gasteiger partial charge < -0.3 is 21.7 Å². The Morgan fingerprint density at radius 3 is 1.22 bits per heavy atom. The average Bonchev–Trinajstić information content (AvgIpc) is 2.20. The van der Waals surface area contributed by atoms with E-state index in [0.717, 1.165) is 0 Å². The third-order valence-electron chi connectivity index (χ3n) is 2.51. The van der Waals surface area contributed by atoms with E-state index in [1.54, 1.807) is 0 Å². The Morgan fingerprint density at radius 1 is 0.778 bits per heavy atom. The number of carbonyl (C=O) groups excluding carboxylic acids is 2. The zero-order chi connectivity index (χ0) is 14.3. The Hall–Kier alpha value is -2.12. The first-order valence-corrected chi connectivity index (χ1v) is 5.26. The molecule has 2 amide bonds. The van der Waals surface area contributed by atoms with Gasteiger partial charge in [-0.15, -0.1) is 0 Å². The van der Waals surface area contributed by atoms with Crippen molar-refractivity contribution in [1.29, 1.82) is 0 Å². The summed E-state index contributed by atoms with van der Waals surface area (Å²) < 4.78 is 0. The van der Waals surface area contributed by atoms with Crippen molar-refractivity contribution in [3.63, 3.8) is 0 Å². The highest BCUT2D eigenvalue weighted by atomic mass is 16.4. The van der Waals surface area contributed by atoms with E-state index in [-0.39, 0.29) is 12.8 Å². The number of amides is 2. The molecular weight excluding hydrogens is 244 g/mol. The van der Waals surface area contributed by atoms with Crippen molar-refractivity contribution >= 4 is 23.8 Å². The molecule has 0 aromatic rings. The van der Waals surface area contributed by atoms with E-state index in [0.29, 0.717) is 0 Å². The molecule has 0 aliphatic heterocycles. The number of hydrogen-bond acceptors (Lipinski definition) is 4. The van der Waals surface area contributed by atoms with Crippen LogP contribution in [-0.4, -0.2) is 34.0 Å². The topological polar surface area (TPSA) is 161 Å². The third-order valence-corrected chi connectivity index (χ3v) is 2.51. The Bertz CT molecular complexity index is 320. The van der Waals surface area contributed by atoms with Crippen LogP contribution in [-0.2, 0) is 19.2 Å². The quantitative estimate of drug-likeness (QED) is 0.412. The molecule has 0 spiro atoms. The number of nitrogens with two attached hydrogens (primary N) is 2. The summed E-state index contributed by atoms with van der Waals surface area (Å²) in [7, 11) is 0. The maximum absolute atomic E-state index is 11.0. The number of hydrogen-bond donors (Lipinski definition) is 4. The van der Waals surface area contributed by atoms with Crippen LogP contribution in [0.15, 0.2) is 0 Å². The van der Waals surface area contributed by atoms with Crippen LogP contribution >= 0.6 is 0 Å². The molecule has 18 heavy (non-hydrogen) atoms. The van der Waals surface area contributed by atoms with Gasteiger partial charge in [-0.2, -0.15) is 0 Å². The van der Waals surface area contributed by atoms with Crippen molar-refractivity contribution in [1.82, 2.24) is 0 Å². The van der Waals surface area contributed by atoms with Crippen LogP contribution in [0.2, 0.25) is 0 Å². The highest BCUT2D eigenvalue weighted by Crippen LogP contribution is 2.18. The minimum absolute atomic E-state index is 0.0164. The molecule has 0 fully saturated rings. The van der Waals surface area contributed by atoms with E-state index < -0.39 is 48.4 Å². The van der Waals surface area contributed by atoms with Crippen LogP contribution in [0.25, 0.3) is 0 Å². The van der Waals surface area contributed by atoms with Crippen molar-refractivity contribution in [3.05, 3.63) is 0 Å². The summed E-state index contributed by atoms with van der Waals surface area (Å²) >= 11 is 0. The van der Waals surface area contributed by atoms with Crippen LogP contribution in [0, 0.1) is 11.8 Å². The molecule has 2 unspecified atom stereocenters. The van der Waals surface area contributed by atoms with Gasteiger partial charge >= 0.3 is 11.9 Å². The lowest BCUT2D eigenvalue weighted by atomic mass is 9.91. The lowest BCUT2D eigenvalue weighted by Gasteiger charge is -2.14. The van der Waals surface area contributed by atoms with Crippen LogP contribution in [0.5, 0.6) is 0 Å². The van der Waals surface area contributed by atoms with Crippen LogP contribution < -0.4 is 11.5 Å². The first-order valence-electron chi connectivity index (χ1n) is 5.26. The second-order valence-electron chi connectivity index (χ2n) is 3.97. The Kier molecular flexibility index (Phi) is 6.40.